The average Bonchev–Trinajstić information content (AvgIpc) is 2.51. The largest absolute Gasteiger partial charge is 0.345 e. The number of carbonyl (C=O) groups excluding carboxylic acids is 1. The lowest BCUT2D eigenvalue weighted by Gasteiger charge is -2.19. The minimum absolute atomic E-state index is 0.118. The zero-order chi connectivity index (χ0) is 13.8. The highest BCUT2D eigenvalue weighted by Crippen LogP contribution is 2.13. The Morgan fingerprint density at radius 2 is 2.00 bits per heavy atom. The number of hydrogen-bond acceptors (Lipinski definition) is 3. The first-order valence-corrected chi connectivity index (χ1v) is 6.53. The van der Waals surface area contributed by atoms with Crippen molar-refractivity contribution in [3.63, 3.8) is 0 Å². The molecule has 1 saturated heterocycles. The zero-order valence-corrected chi connectivity index (χ0v) is 11.2. The van der Waals surface area contributed by atoms with Crippen molar-refractivity contribution in [3.05, 3.63) is 35.1 Å². The maximum Gasteiger partial charge on any atom is 0.236 e. The van der Waals surface area contributed by atoms with E-state index in [1.165, 1.54) is 12.1 Å². The Kier molecular flexibility index (Phi) is 4.50. The Labute approximate surface area is 113 Å². The molecule has 0 radical (unpaired) electrons. The summed E-state index contributed by atoms with van der Waals surface area (Å²) in [4.78, 5) is 15.6. The summed E-state index contributed by atoms with van der Waals surface area (Å²) in [5.41, 5.74) is 7.20. The second-order valence-corrected chi connectivity index (χ2v) is 5.05. The van der Waals surface area contributed by atoms with E-state index in [1.807, 2.05) is 13.1 Å². The standard InChI is InChI=1S/C14H20FN3O/c1-17-3-2-4-18(10-14(17)19)9-12-5-11(8-16)6-13(15)7-12/h5-7H,2-4,8-10,16H2,1H3. The van der Waals surface area contributed by atoms with Gasteiger partial charge in [-0.15, -0.1) is 0 Å². The summed E-state index contributed by atoms with van der Waals surface area (Å²) in [6.45, 7) is 2.94. The highest BCUT2D eigenvalue weighted by atomic mass is 19.1. The maximum atomic E-state index is 13.4. The third-order valence-corrected chi connectivity index (χ3v) is 3.41. The van der Waals surface area contributed by atoms with Crippen LogP contribution in [-0.2, 0) is 17.9 Å². The molecule has 0 saturated carbocycles. The molecule has 5 heteroatoms. The van der Waals surface area contributed by atoms with Crippen LogP contribution >= 0.6 is 0 Å². The maximum absolute atomic E-state index is 13.4. The van der Waals surface area contributed by atoms with E-state index < -0.39 is 0 Å². The molecule has 0 unspecified atom stereocenters. The number of halogens is 1. The van der Waals surface area contributed by atoms with Crippen molar-refractivity contribution in [3.8, 4) is 0 Å². The third-order valence-electron chi connectivity index (χ3n) is 3.41. The molecule has 0 bridgehead atoms. The predicted molar refractivity (Wildman–Crippen MR) is 71.8 cm³/mol. The monoisotopic (exact) mass is 265 g/mol. The molecule has 1 aliphatic rings. The van der Waals surface area contributed by atoms with Crippen LogP contribution in [0.2, 0.25) is 0 Å². The van der Waals surface area contributed by atoms with Crippen molar-refractivity contribution in [2.75, 3.05) is 26.7 Å². The van der Waals surface area contributed by atoms with Gasteiger partial charge in [-0.25, -0.2) is 4.39 Å². The van der Waals surface area contributed by atoms with Gasteiger partial charge in [-0.3, -0.25) is 9.69 Å². The van der Waals surface area contributed by atoms with E-state index in [0.717, 1.165) is 30.6 Å². The molecule has 0 aliphatic carbocycles. The van der Waals surface area contributed by atoms with Gasteiger partial charge in [0.2, 0.25) is 5.91 Å². The Hall–Kier alpha value is -1.46. The normalized spacial score (nSPS) is 17.6. The van der Waals surface area contributed by atoms with Crippen LogP contribution in [0.3, 0.4) is 0 Å². The molecule has 1 aromatic carbocycles. The quantitative estimate of drug-likeness (QED) is 0.885. The van der Waals surface area contributed by atoms with Crippen LogP contribution in [-0.4, -0.2) is 42.4 Å². The van der Waals surface area contributed by atoms with E-state index in [4.69, 9.17) is 5.73 Å². The van der Waals surface area contributed by atoms with Gasteiger partial charge in [0, 0.05) is 33.2 Å². The van der Waals surface area contributed by atoms with Gasteiger partial charge in [0.05, 0.1) is 6.54 Å². The van der Waals surface area contributed by atoms with E-state index in [2.05, 4.69) is 4.90 Å². The van der Waals surface area contributed by atoms with E-state index in [-0.39, 0.29) is 11.7 Å². The van der Waals surface area contributed by atoms with Crippen LogP contribution in [0.5, 0.6) is 0 Å². The molecule has 1 aliphatic heterocycles. The molecule has 2 N–H and O–H groups in total. The van der Waals surface area contributed by atoms with Crippen LogP contribution in [0.15, 0.2) is 18.2 Å². The van der Waals surface area contributed by atoms with Crippen LogP contribution in [0.1, 0.15) is 17.5 Å². The second-order valence-electron chi connectivity index (χ2n) is 5.05. The first-order chi connectivity index (χ1) is 9.08. The summed E-state index contributed by atoms with van der Waals surface area (Å²) in [5, 5.41) is 0. The zero-order valence-electron chi connectivity index (χ0n) is 11.2. The highest BCUT2D eigenvalue weighted by Gasteiger charge is 2.19. The highest BCUT2D eigenvalue weighted by molar-refractivity contribution is 5.78. The fraction of sp³-hybridized carbons (Fsp3) is 0.500. The Morgan fingerprint density at radius 1 is 1.26 bits per heavy atom. The topological polar surface area (TPSA) is 49.6 Å². The van der Waals surface area contributed by atoms with Crippen LogP contribution in [0.4, 0.5) is 4.39 Å². The van der Waals surface area contributed by atoms with E-state index in [1.54, 1.807) is 4.90 Å². The Bertz CT molecular complexity index is 464. The first kappa shape index (κ1) is 14.0. The minimum atomic E-state index is -0.267. The van der Waals surface area contributed by atoms with Crippen molar-refractivity contribution in [1.82, 2.24) is 9.80 Å². The number of benzene rings is 1. The molecule has 104 valence electrons. The first-order valence-electron chi connectivity index (χ1n) is 6.53. The minimum Gasteiger partial charge on any atom is -0.345 e. The van der Waals surface area contributed by atoms with Crippen LogP contribution < -0.4 is 5.73 Å². The molecule has 0 aromatic heterocycles. The van der Waals surface area contributed by atoms with Gasteiger partial charge in [-0.2, -0.15) is 0 Å². The van der Waals surface area contributed by atoms with Crippen molar-refractivity contribution in [2.24, 2.45) is 5.73 Å². The predicted octanol–water partition coefficient (Wildman–Crippen LogP) is 0.948. The van der Waals surface area contributed by atoms with Gasteiger partial charge in [-0.1, -0.05) is 6.07 Å². The summed E-state index contributed by atoms with van der Waals surface area (Å²) in [5.74, 6) is -0.149. The molecule has 19 heavy (non-hydrogen) atoms. The molecule has 4 nitrogen and oxygen atoms in total. The van der Waals surface area contributed by atoms with Crippen LogP contribution in [0.25, 0.3) is 0 Å². The molecule has 2 rings (SSSR count). The number of likely N-dealkylation sites (N-methyl/N-ethyl adjacent to an activating group) is 1. The van der Waals surface area contributed by atoms with Gasteiger partial charge in [0.15, 0.2) is 0 Å². The second kappa shape index (κ2) is 6.12. The number of nitrogens with zero attached hydrogens (tertiary/aromatic N) is 2. The summed E-state index contributed by atoms with van der Waals surface area (Å²) in [6, 6.07) is 4.87. The van der Waals surface area contributed by atoms with Crippen molar-refractivity contribution in [1.29, 1.82) is 0 Å². The molecule has 1 amide bonds. The number of amides is 1. The SMILES string of the molecule is CN1CCCN(Cc2cc(F)cc(CN)c2)CC1=O. The van der Waals surface area contributed by atoms with Gasteiger partial charge in [0.1, 0.15) is 5.82 Å². The van der Waals surface area contributed by atoms with E-state index in [0.29, 0.717) is 19.6 Å². The molecule has 1 fully saturated rings. The third kappa shape index (κ3) is 3.75. The molecule has 0 spiro atoms. The summed E-state index contributed by atoms with van der Waals surface area (Å²) < 4.78 is 13.4. The molecule has 1 heterocycles. The van der Waals surface area contributed by atoms with E-state index in [9.17, 15) is 9.18 Å². The number of rotatable bonds is 3. The number of carbonyl (C=O) groups is 1. The van der Waals surface area contributed by atoms with Gasteiger partial charge >= 0.3 is 0 Å². The Balaban J connectivity index is 2.07. The summed E-state index contributed by atoms with van der Waals surface area (Å²) in [6.07, 6.45) is 0.946. The number of nitrogens with two attached hydrogens (primary N) is 1. The van der Waals surface area contributed by atoms with Crippen molar-refractivity contribution in [2.45, 2.75) is 19.5 Å². The fourth-order valence-corrected chi connectivity index (χ4v) is 2.37. The molecule has 1 aromatic rings. The van der Waals surface area contributed by atoms with Gasteiger partial charge in [-0.05, 0) is 29.7 Å². The van der Waals surface area contributed by atoms with Gasteiger partial charge in [0.25, 0.3) is 0 Å². The number of hydrogen-bond donors (Lipinski definition) is 1. The summed E-state index contributed by atoms with van der Waals surface area (Å²) >= 11 is 0. The van der Waals surface area contributed by atoms with Crippen LogP contribution in [0, 0.1) is 5.82 Å². The Morgan fingerprint density at radius 3 is 2.74 bits per heavy atom. The van der Waals surface area contributed by atoms with Gasteiger partial charge < -0.3 is 10.6 Å². The smallest absolute Gasteiger partial charge is 0.236 e. The lowest BCUT2D eigenvalue weighted by Crippen LogP contribution is -2.34. The van der Waals surface area contributed by atoms with E-state index >= 15 is 0 Å². The summed E-state index contributed by atoms with van der Waals surface area (Å²) in [7, 11) is 1.82. The lowest BCUT2D eigenvalue weighted by atomic mass is 10.1. The lowest BCUT2D eigenvalue weighted by molar-refractivity contribution is -0.129. The average molecular weight is 265 g/mol. The molecular weight excluding hydrogens is 245 g/mol. The molecule has 0 atom stereocenters. The molecular formula is C14H20FN3O. The fourth-order valence-electron chi connectivity index (χ4n) is 2.37. The van der Waals surface area contributed by atoms with Crippen molar-refractivity contribution >= 4 is 5.91 Å². The van der Waals surface area contributed by atoms with Crippen molar-refractivity contribution < 1.29 is 9.18 Å².